The second kappa shape index (κ2) is 9.38. The van der Waals surface area contributed by atoms with Crippen LogP contribution in [0.25, 0.3) is 0 Å². The molecule has 2 aromatic rings. The minimum Gasteiger partial charge on any atom is -0.490 e. The van der Waals surface area contributed by atoms with E-state index in [2.05, 4.69) is 10.5 Å². The zero-order valence-electron chi connectivity index (χ0n) is 13.8. The summed E-state index contributed by atoms with van der Waals surface area (Å²) in [5, 5.41) is 14.6. The highest BCUT2D eigenvalue weighted by Crippen LogP contribution is 2.26. The lowest BCUT2D eigenvalue weighted by molar-refractivity contribution is -0.384. The third kappa shape index (κ3) is 5.45. The summed E-state index contributed by atoms with van der Waals surface area (Å²) in [6.07, 6.45) is 1.27. The van der Waals surface area contributed by atoms with Gasteiger partial charge >= 0.3 is 0 Å². The van der Waals surface area contributed by atoms with Gasteiger partial charge in [0.05, 0.1) is 17.7 Å². The topological polar surface area (TPSA) is 103 Å². The number of benzene rings is 2. The molecule has 0 fully saturated rings. The Morgan fingerprint density at radius 1 is 1.27 bits per heavy atom. The largest absolute Gasteiger partial charge is 0.490 e. The highest BCUT2D eigenvalue weighted by atomic mass is 35.5. The fourth-order valence-electron chi connectivity index (χ4n) is 1.95. The van der Waals surface area contributed by atoms with Crippen LogP contribution in [0.3, 0.4) is 0 Å². The molecule has 1 N–H and O–H groups in total. The molecule has 8 nitrogen and oxygen atoms in total. The molecule has 1 amide bonds. The number of nitro benzene ring substituents is 1. The van der Waals surface area contributed by atoms with Crippen molar-refractivity contribution in [3.8, 4) is 11.5 Å². The Morgan fingerprint density at radius 2 is 1.96 bits per heavy atom. The maximum atomic E-state index is 11.8. The quantitative estimate of drug-likeness (QED) is 0.432. The minimum atomic E-state index is -0.595. The van der Waals surface area contributed by atoms with Gasteiger partial charge in [-0.2, -0.15) is 5.10 Å². The van der Waals surface area contributed by atoms with Crippen molar-refractivity contribution in [3.05, 3.63) is 63.2 Å². The number of nitro groups is 1. The molecule has 9 heteroatoms. The summed E-state index contributed by atoms with van der Waals surface area (Å²) >= 11 is 5.73. The van der Waals surface area contributed by atoms with Crippen molar-refractivity contribution in [1.29, 1.82) is 0 Å². The van der Waals surface area contributed by atoms with Crippen LogP contribution < -0.4 is 14.9 Å². The lowest BCUT2D eigenvalue weighted by Gasteiger charge is -2.10. The molecule has 0 spiro atoms. The van der Waals surface area contributed by atoms with Crippen molar-refractivity contribution in [2.45, 2.75) is 6.92 Å². The number of carbonyl (C=O) groups excluding carboxylic acids is 1. The molecule has 0 radical (unpaired) electrons. The molecular formula is C17H16ClN3O5. The molecule has 0 aliphatic carbocycles. The van der Waals surface area contributed by atoms with Crippen LogP contribution in [0.2, 0.25) is 5.02 Å². The minimum absolute atomic E-state index is 0.0255. The number of hydrazone groups is 1. The number of amides is 1. The Kier molecular flexibility index (Phi) is 6.92. The van der Waals surface area contributed by atoms with E-state index < -0.39 is 10.8 Å². The summed E-state index contributed by atoms with van der Waals surface area (Å²) in [5.41, 5.74) is 2.46. The number of ether oxygens (including phenoxy) is 2. The van der Waals surface area contributed by atoms with E-state index in [1.54, 1.807) is 30.3 Å². The molecule has 0 heterocycles. The van der Waals surface area contributed by atoms with Gasteiger partial charge in [-0.25, -0.2) is 5.43 Å². The smallest absolute Gasteiger partial charge is 0.288 e. The van der Waals surface area contributed by atoms with E-state index in [0.29, 0.717) is 23.7 Å². The Balaban J connectivity index is 1.90. The monoisotopic (exact) mass is 377 g/mol. The highest BCUT2D eigenvalue weighted by molar-refractivity contribution is 6.32. The van der Waals surface area contributed by atoms with E-state index in [4.69, 9.17) is 21.1 Å². The molecule has 2 aromatic carbocycles. The number of hydrogen-bond acceptors (Lipinski definition) is 6. The zero-order valence-corrected chi connectivity index (χ0v) is 14.6. The lowest BCUT2D eigenvalue weighted by atomic mass is 10.2. The van der Waals surface area contributed by atoms with E-state index in [0.717, 1.165) is 0 Å². The Bertz CT molecular complexity index is 826. The fraction of sp³-hybridized carbons (Fsp3) is 0.176. The normalized spacial score (nSPS) is 10.5. The van der Waals surface area contributed by atoms with Crippen LogP contribution in [0, 0.1) is 10.1 Å². The van der Waals surface area contributed by atoms with Crippen LogP contribution in [0.1, 0.15) is 12.5 Å². The van der Waals surface area contributed by atoms with Gasteiger partial charge in [-0.05, 0) is 25.1 Å². The first-order valence-corrected chi connectivity index (χ1v) is 7.99. The summed E-state index contributed by atoms with van der Waals surface area (Å²) in [7, 11) is 0. The van der Waals surface area contributed by atoms with Crippen molar-refractivity contribution in [2.75, 3.05) is 13.2 Å². The second-order valence-corrected chi connectivity index (χ2v) is 5.34. The zero-order chi connectivity index (χ0) is 18.9. The summed E-state index contributed by atoms with van der Waals surface area (Å²) < 4.78 is 10.8. The van der Waals surface area contributed by atoms with Gasteiger partial charge in [0.2, 0.25) is 0 Å². The average molecular weight is 378 g/mol. The summed E-state index contributed by atoms with van der Waals surface area (Å²) in [4.78, 5) is 22.0. The summed E-state index contributed by atoms with van der Waals surface area (Å²) in [6.45, 7) is 2.06. The molecule has 0 unspecified atom stereocenters. The molecule has 136 valence electrons. The van der Waals surface area contributed by atoms with Crippen LogP contribution in [-0.2, 0) is 4.79 Å². The van der Waals surface area contributed by atoms with Crippen molar-refractivity contribution < 1.29 is 19.2 Å². The molecule has 0 aliphatic heterocycles. The van der Waals surface area contributed by atoms with Gasteiger partial charge in [0.15, 0.2) is 18.1 Å². The van der Waals surface area contributed by atoms with Gasteiger partial charge in [0, 0.05) is 11.6 Å². The highest BCUT2D eigenvalue weighted by Gasteiger charge is 2.12. The Labute approximate surface area is 154 Å². The van der Waals surface area contributed by atoms with E-state index in [1.807, 2.05) is 6.92 Å². The number of hydrogen-bond donors (Lipinski definition) is 1. The number of nitrogens with one attached hydrogen (secondary N) is 1. The fourth-order valence-corrected chi connectivity index (χ4v) is 2.13. The second-order valence-electron chi connectivity index (χ2n) is 4.93. The first-order chi connectivity index (χ1) is 12.5. The molecule has 26 heavy (non-hydrogen) atoms. The molecule has 0 saturated carbocycles. The van der Waals surface area contributed by atoms with Crippen LogP contribution in [-0.4, -0.2) is 30.3 Å². The first-order valence-electron chi connectivity index (χ1n) is 7.61. The van der Waals surface area contributed by atoms with Crippen LogP contribution in [0.4, 0.5) is 5.69 Å². The SMILES string of the molecule is CCOc1ccccc1OCC(=O)N/N=C/c1ccc(Cl)c([N+](=O)[O-])c1. The molecule has 0 saturated heterocycles. The van der Waals surface area contributed by atoms with Gasteiger partial charge in [-0.15, -0.1) is 0 Å². The van der Waals surface area contributed by atoms with Crippen LogP contribution in [0.5, 0.6) is 11.5 Å². The average Bonchev–Trinajstić information content (AvgIpc) is 2.62. The van der Waals surface area contributed by atoms with Crippen molar-refractivity contribution in [3.63, 3.8) is 0 Å². The van der Waals surface area contributed by atoms with Crippen LogP contribution >= 0.6 is 11.6 Å². The van der Waals surface area contributed by atoms with Crippen LogP contribution in [0.15, 0.2) is 47.6 Å². The van der Waals surface area contributed by atoms with Gasteiger partial charge in [-0.3, -0.25) is 14.9 Å². The van der Waals surface area contributed by atoms with Crippen molar-refractivity contribution in [2.24, 2.45) is 5.10 Å². The van der Waals surface area contributed by atoms with E-state index in [-0.39, 0.29) is 17.3 Å². The van der Waals surface area contributed by atoms with Gasteiger partial charge in [0.25, 0.3) is 11.6 Å². The molecular weight excluding hydrogens is 362 g/mol. The number of nitrogens with zero attached hydrogens (tertiary/aromatic N) is 2. The van der Waals surface area contributed by atoms with E-state index in [1.165, 1.54) is 18.3 Å². The predicted molar refractivity (Wildman–Crippen MR) is 96.9 cm³/mol. The van der Waals surface area contributed by atoms with Crippen molar-refractivity contribution in [1.82, 2.24) is 5.43 Å². The lowest BCUT2D eigenvalue weighted by Crippen LogP contribution is -2.24. The standard InChI is InChI=1S/C17H16ClN3O5/c1-2-25-15-5-3-4-6-16(15)26-11-17(22)20-19-10-12-7-8-13(18)14(9-12)21(23)24/h3-10H,2,11H2,1H3,(H,20,22)/b19-10+. The summed E-state index contributed by atoms with van der Waals surface area (Å²) in [5.74, 6) is 0.498. The number of rotatable bonds is 8. The van der Waals surface area contributed by atoms with Gasteiger partial charge in [0.1, 0.15) is 5.02 Å². The number of para-hydroxylation sites is 2. The van der Waals surface area contributed by atoms with Gasteiger partial charge < -0.3 is 9.47 Å². The Morgan fingerprint density at radius 3 is 2.62 bits per heavy atom. The molecule has 0 aliphatic rings. The van der Waals surface area contributed by atoms with Gasteiger partial charge in [-0.1, -0.05) is 29.8 Å². The third-order valence-corrected chi connectivity index (χ3v) is 3.40. The molecule has 2 rings (SSSR count). The maximum Gasteiger partial charge on any atom is 0.288 e. The predicted octanol–water partition coefficient (Wildman–Crippen LogP) is 3.18. The first kappa shape index (κ1) is 19.2. The maximum absolute atomic E-state index is 11.8. The molecule has 0 aromatic heterocycles. The number of carbonyl (C=O) groups is 1. The van der Waals surface area contributed by atoms with Crippen molar-refractivity contribution >= 4 is 29.4 Å². The Hall–Kier alpha value is -3.13. The molecule has 0 bridgehead atoms. The van der Waals surface area contributed by atoms with E-state index in [9.17, 15) is 14.9 Å². The third-order valence-electron chi connectivity index (χ3n) is 3.08. The number of halogens is 1. The van der Waals surface area contributed by atoms with E-state index >= 15 is 0 Å². The molecule has 0 atom stereocenters. The summed E-state index contributed by atoms with van der Waals surface area (Å²) in [6, 6.07) is 11.2.